The minimum absolute atomic E-state index is 0.0246. The van der Waals surface area contributed by atoms with Gasteiger partial charge in [-0.15, -0.1) is 0 Å². The van der Waals surface area contributed by atoms with Crippen LogP contribution in [0.1, 0.15) is 18.4 Å². The number of nitrogens with one attached hydrogen (secondary N) is 2. The van der Waals surface area contributed by atoms with Crippen LogP contribution in [0.25, 0.3) is 0 Å². The zero-order valence-corrected chi connectivity index (χ0v) is 16.6. The highest BCUT2D eigenvalue weighted by atomic mass is 32.1. The zero-order chi connectivity index (χ0) is 19.5. The maximum Gasteiger partial charge on any atom is 0.231 e. The van der Waals surface area contributed by atoms with E-state index in [-0.39, 0.29) is 18.6 Å². The summed E-state index contributed by atoms with van der Waals surface area (Å²) in [6, 6.07) is 13.6. The van der Waals surface area contributed by atoms with E-state index in [1.54, 1.807) is 6.07 Å². The van der Waals surface area contributed by atoms with Gasteiger partial charge in [0, 0.05) is 36.4 Å². The molecular formula is C21H23N3O3S. The van der Waals surface area contributed by atoms with Gasteiger partial charge in [0.25, 0.3) is 0 Å². The summed E-state index contributed by atoms with van der Waals surface area (Å²) >= 11 is 5.54. The Bertz CT molecular complexity index is 894. The van der Waals surface area contributed by atoms with E-state index in [2.05, 4.69) is 34.6 Å². The van der Waals surface area contributed by atoms with Crippen LogP contribution in [0.4, 0.5) is 11.4 Å². The fraction of sp³-hybridized carbons (Fsp3) is 0.333. The number of carbonyl (C=O) groups is 1. The molecule has 1 amide bonds. The summed E-state index contributed by atoms with van der Waals surface area (Å²) in [5.74, 6) is 1.39. The number of likely N-dealkylation sites (tertiary alicyclic amines) is 1. The number of piperidine rings is 1. The molecule has 4 rings (SSSR count). The number of hydrogen-bond acceptors (Lipinski definition) is 4. The average molecular weight is 398 g/mol. The molecule has 0 spiro atoms. The predicted octanol–water partition coefficient (Wildman–Crippen LogP) is 3.77. The Morgan fingerprint density at radius 1 is 1.04 bits per heavy atom. The average Bonchev–Trinajstić information content (AvgIpc) is 3.16. The molecule has 0 radical (unpaired) electrons. The summed E-state index contributed by atoms with van der Waals surface area (Å²) in [7, 11) is 0. The number of thiocarbonyl (C=S) groups is 1. The Labute approximate surface area is 169 Å². The maximum atomic E-state index is 12.6. The molecule has 2 aromatic rings. The normalized spacial score (nSPS) is 16.0. The second kappa shape index (κ2) is 8.06. The second-order valence-electron chi connectivity index (χ2n) is 7.12. The molecule has 6 nitrogen and oxygen atoms in total. The summed E-state index contributed by atoms with van der Waals surface area (Å²) in [5, 5.41) is 6.99. The van der Waals surface area contributed by atoms with E-state index in [9.17, 15) is 4.79 Å². The van der Waals surface area contributed by atoms with E-state index < -0.39 is 0 Å². The van der Waals surface area contributed by atoms with Crippen molar-refractivity contribution in [2.75, 3.05) is 30.5 Å². The lowest BCUT2D eigenvalue weighted by Crippen LogP contribution is -2.43. The lowest BCUT2D eigenvalue weighted by atomic mass is 9.96. The minimum Gasteiger partial charge on any atom is -0.454 e. The number of benzene rings is 2. The molecule has 0 aromatic heterocycles. The van der Waals surface area contributed by atoms with Gasteiger partial charge in [-0.05, 0) is 61.8 Å². The van der Waals surface area contributed by atoms with Gasteiger partial charge in [-0.25, -0.2) is 0 Å². The van der Waals surface area contributed by atoms with Crippen LogP contribution in [0.2, 0.25) is 0 Å². The third-order valence-electron chi connectivity index (χ3n) is 5.06. The number of anilines is 2. The first-order chi connectivity index (χ1) is 13.6. The monoisotopic (exact) mass is 397 g/mol. The number of carbonyl (C=O) groups excluding carboxylic acids is 1. The minimum atomic E-state index is -0.0246. The topological polar surface area (TPSA) is 62.8 Å². The number of fused-ring (bicyclic) bond motifs is 1. The highest BCUT2D eigenvalue weighted by Gasteiger charge is 2.26. The highest BCUT2D eigenvalue weighted by Crippen LogP contribution is 2.34. The van der Waals surface area contributed by atoms with Crippen molar-refractivity contribution in [3.8, 4) is 11.5 Å². The molecule has 0 aliphatic carbocycles. The van der Waals surface area contributed by atoms with Crippen molar-refractivity contribution in [2.45, 2.75) is 19.8 Å². The lowest BCUT2D eigenvalue weighted by Gasteiger charge is -2.33. The number of aryl methyl sites for hydroxylation is 1. The van der Waals surface area contributed by atoms with Crippen molar-refractivity contribution in [1.29, 1.82) is 0 Å². The number of rotatable bonds is 3. The van der Waals surface area contributed by atoms with E-state index in [0.717, 1.165) is 37.3 Å². The van der Waals surface area contributed by atoms with Gasteiger partial charge in [0.1, 0.15) is 0 Å². The highest BCUT2D eigenvalue weighted by molar-refractivity contribution is 7.80. The number of nitrogens with zero attached hydrogens (tertiary/aromatic N) is 1. The molecule has 1 fully saturated rings. The van der Waals surface area contributed by atoms with Gasteiger partial charge < -0.3 is 25.0 Å². The summed E-state index contributed by atoms with van der Waals surface area (Å²) in [4.78, 5) is 14.7. The zero-order valence-electron chi connectivity index (χ0n) is 15.7. The van der Waals surface area contributed by atoms with Crippen LogP contribution in [-0.4, -0.2) is 35.8 Å². The van der Waals surface area contributed by atoms with Gasteiger partial charge in [-0.3, -0.25) is 4.79 Å². The van der Waals surface area contributed by atoms with Gasteiger partial charge in [0.2, 0.25) is 12.7 Å². The SMILES string of the molecule is Cc1cccc(NC(=S)N2CCC(C(=O)Nc3ccc4c(c3)OCO4)CC2)c1. The lowest BCUT2D eigenvalue weighted by molar-refractivity contribution is -0.120. The fourth-order valence-electron chi connectivity index (χ4n) is 3.49. The Morgan fingerprint density at radius 3 is 2.57 bits per heavy atom. The van der Waals surface area contributed by atoms with E-state index in [1.807, 2.05) is 24.3 Å². The van der Waals surface area contributed by atoms with Gasteiger partial charge in [-0.2, -0.15) is 0 Å². The first-order valence-corrected chi connectivity index (χ1v) is 9.82. The molecule has 146 valence electrons. The van der Waals surface area contributed by atoms with Gasteiger partial charge in [0.05, 0.1) is 0 Å². The van der Waals surface area contributed by atoms with E-state index in [4.69, 9.17) is 21.7 Å². The molecule has 28 heavy (non-hydrogen) atoms. The second-order valence-corrected chi connectivity index (χ2v) is 7.50. The Morgan fingerprint density at radius 2 is 1.79 bits per heavy atom. The quantitative estimate of drug-likeness (QED) is 0.769. The number of ether oxygens (including phenoxy) is 2. The Hall–Kier alpha value is -2.80. The molecule has 0 unspecified atom stereocenters. The third-order valence-corrected chi connectivity index (χ3v) is 5.42. The largest absolute Gasteiger partial charge is 0.454 e. The fourth-order valence-corrected chi connectivity index (χ4v) is 3.79. The summed E-state index contributed by atoms with van der Waals surface area (Å²) in [5.41, 5.74) is 2.91. The van der Waals surface area contributed by atoms with Gasteiger partial charge in [-0.1, -0.05) is 12.1 Å². The van der Waals surface area contributed by atoms with E-state index in [0.29, 0.717) is 16.6 Å². The first-order valence-electron chi connectivity index (χ1n) is 9.41. The Balaban J connectivity index is 1.28. The van der Waals surface area contributed by atoms with Crippen molar-refractivity contribution < 1.29 is 14.3 Å². The molecule has 2 aliphatic rings. The van der Waals surface area contributed by atoms with Crippen LogP contribution in [0.5, 0.6) is 11.5 Å². The molecule has 7 heteroatoms. The van der Waals surface area contributed by atoms with E-state index >= 15 is 0 Å². The molecule has 2 N–H and O–H groups in total. The third kappa shape index (κ3) is 4.20. The van der Waals surface area contributed by atoms with Crippen LogP contribution < -0.4 is 20.1 Å². The van der Waals surface area contributed by atoms with Gasteiger partial charge >= 0.3 is 0 Å². The number of amides is 1. The summed E-state index contributed by atoms with van der Waals surface area (Å²) < 4.78 is 10.7. The molecule has 0 saturated carbocycles. The van der Waals surface area contributed by atoms with Crippen molar-refractivity contribution in [3.63, 3.8) is 0 Å². The number of hydrogen-bond donors (Lipinski definition) is 2. The standard InChI is InChI=1S/C21H23N3O3S/c1-14-3-2-4-16(11-14)23-21(28)24-9-7-15(8-10-24)20(25)22-17-5-6-18-19(12-17)27-13-26-18/h2-6,11-12,15H,7-10,13H2,1H3,(H,22,25)(H,23,28). The molecule has 1 saturated heterocycles. The maximum absolute atomic E-state index is 12.6. The predicted molar refractivity (Wildman–Crippen MR) is 113 cm³/mol. The molecule has 2 heterocycles. The van der Waals surface area contributed by atoms with Crippen LogP contribution in [0.15, 0.2) is 42.5 Å². The van der Waals surface area contributed by atoms with E-state index in [1.165, 1.54) is 5.56 Å². The summed E-state index contributed by atoms with van der Waals surface area (Å²) in [6.07, 6.45) is 1.54. The van der Waals surface area contributed by atoms with Crippen molar-refractivity contribution in [1.82, 2.24) is 4.90 Å². The first kappa shape index (κ1) is 18.6. The molecule has 2 aliphatic heterocycles. The van der Waals surface area contributed by atoms with Crippen LogP contribution >= 0.6 is 12.2 Å². The molecule has 0 bridgehead atoms. The summed E-state index contributed by atoms with van der Waals surface area (Å²) in [6.45, 7) is 3.80. The van der Waals surface area contributed by atoms with Gasteiger partial charge in [0.15, 0.2) is 16.6 Å². The van der Waals surface area contributed by atoms with Crippen LogP contribution in [-0.2, 0) is 4.79 Å². The smallest absolute Gasteiger partial charge is 0.231 e. The van der Waals surface area contributed by atoms with Crippen molar-refractivity contribution >= 4 is 34.6 Å². The van der Waals surface area contributed by atoms with Crippen molar-refractivity contribution in [3.05, 3.63) is 48.0 Å². The van der Waals surface area contributed by atoms with Crippen LogP contribution in [0.3, 0.4) is 0 Å². The molecule has 0 atom stereocenters. The van der Waals surface area contributed by atoms with Crippen molar-refractivity contribution in [2.24, 2.45) is 5.92 Å². The van der Waals surface area contributed by atoms with Crippen LogP contribution in [0, 0.1) is 12.8 Å². The molecule has 2 aromatic carbocycles. The Kier molecular flexibility index (Phi) is 5.34. The molecular weight excluding hydrogens is 374 g/mol.